The molecule has 5 rings (SSSR count). The third-order valence-corrected chi connectivity index (χ3v) is 6.99. The minimum absolute atomic E-state index is 0.197. The first kappa shape index (κ1) is 16.0. The summed E-state index contributed by atoms with van der Waals surface area (Å²) in [6.45, 7) is 1.66. The van der Waals surface area contributed by atoms with Crippen molar-refractivity contribution in [1.82, 2.24) is 9.88 Å². The van der Waals surface area contributed by atoms with Gasteiger partial charge in [-0.05, 0) is 67.5 Å². The van der Waals surface area contributed by atoms with Crippen molar-refractivity contribution < 1.29 is 4.79 Å². The van der Waals surface area contributed by atoms with Crippen molar-refractivity contribution in [1.29, 1.82) is 0 Å². The lowest BCUT2D eigenvalue weighted by molar-refractivity contribution is 0.0713. The maximum Gasteiger partial charge on any atom is 0.253 e. The van der Waals surface area contributed by atoms with Crippen LogP contribution >= 0.6 is 11.3 Å². The number of fused-ring (bicyclic) bond motifs is 2. The monoisotopic (exact) mass is 362 g/mol. The topological polar surface area (TPSA) is 33.2 Å². The van der Waals surface area contributed by atoms with Gasteiger partial charge in [-0.2, -0.15) is 0 Å². The number of carbonyl (C=O) groups is 1. The van der Waals surface area contributed by atoms with E-state index in [-0.39, 0.29) is 5.91 Å². The number of likely N-dealkylation sites (tertiary alicyclic amines) is 1. The van der Waals surface area contributed by atoms with Crippen LogP contribution in [0, 0.1) is 0 Å². The second-order valence-electron chi connectivity index (χ2n) is 7.42. The Morgan fingerprint density at radius 3 is 2.69 bits per heavy atom. The van der Waals surface area contributed by atoms with Crippen molar-refractivity contribution in [2.24, 2.45) is 0 Å². The zero-order chi connectivity index (χ0) is 17.5. The molecule has 1 aliphatic heterocycles. The summed E-state index contributed by atoms with van der Waals surface area (Å²) in [5, 5.41) is 1.23. The molecule has 3 nitrogen and oxygen atoms in total. The Hall–Kier alpha value is -2.20. The van der Waals surface area contributed by atoms with Crippen molar-refractivity contribution >= 4 is 27.5 Å². The largest absolute Gasteiger partial charge is 0.339 e. The molecule has 0 atom stereocenters. The number of benzene rings is 2. The average Bonchev–Trinajstić information content (AvgIpc) is 3.33. The van der Waals surface area contributed by atoms with E-state index in [9.17, 15) is 4.79 Å². The molecule has 1 aromatic heterocycles. The van der Waals surface area contributed by atoms with Gasteiger partial charge in [-0.25, -0.2) is 4.98 Å². The van der Waals surface area contributed by atoms with E-state index in [0.29, 0.717) is 5.92 Å². The summed E-state index contributed by atoms with van der Waals surface area (Å²) in [6, 6.07) is 14.6. The lowest BCUT2D eigenvalue weighted by Crippen LogP contribution is -2.37. The Labute approximate surface area is 157 Å². The molecule has 0 spiro atoms. The zero-order valence-corrected chi connectivity index (χ0v) is 15.6. The molecule has 132 valence electrons. The summed E-state index contributed by atoms with van der Waals surface area (Å²) in [7, 11) is 0. The molecule has 4 heteroatoms. The number of aryl methyl sites for hydroxylation is 2. The van der Waals surface area contributed by atoms with Crippen LogP contribution in [0.4, 0.5) is 0 Å². The van der Waals surface area contributed by atoms with Gasteiger partial charge in [0.25, 0.3) is 5.91 Å². The fourth-order valence-electron chi connectivity index (χ4n) is 4.28. The van der Waals surface area contributed by atoms with Gasteiger partial charge < -0.3 is 4.90 Å². The normalized spacial score (nSPS) is 17.6. The molecule has 2 aromatic carbocycles. The van der Waals surface area contributed by atoms with Crippen molar-refractivity contribution in [2.75, 3.05) is 13.1 Å². The van der Waals surface area contributed by atoms with E-state index in [0.717, 1.165) is 49.9 Å². The highest BCUT2D eigenvalue weighted by Gasteiger charge is 2.27. The highest BCUT2D eigenvalue weighted by Crippen LogP contribution is 2.34. The number of piperidine rings is 1. The number of nitrogens with zero attached hydrogens (tertiary/aromatic N) is 2. The summed E-state index contributed by atoms with van der Waals surface area (Å²) in [6.07, 6.45) is 5.53. The molecule has 0 radical (unpaired) electrons. The highest BCUT2D eigenvalue weighted by molar-refractivity contribution is 7.18. The Bertz CT molecular complexity index is 936. The van der Waals surface area contributed by atoms with Crippen LogP contribution in [0.1, 0.15) is 51.7 Å². The van der Waals surface area contributed by atoms with Gasteiger partial charge in [-0.15, -0.1) is 11.3 Å². The number of hydrogen-bond donors (Lipinski definition) is 0. The van der Waals surface area contributed by atoms with Crippen molar-refractivity contribution in [3.05, 3.63) is 64.2 Å². The van der Waals surface area contributed by atoms with Gasteiger partial charge >= 0.3 is 0 Å². The zero-order valence-electron chi connectivity index (χ0n) is 14.8. The van der Waals surface area contributed by atoms with Crippen LogP contribution in [0.3, 0.4) is 0 Å². The number of para-hydroxylation sites is 1. The molecule has 3 aromatic rings. The smallest absolute Gasteiger partial charge is 0.253 e. The van der Waals surface area contributed by atoms with Gasteiger partial charge in [0, 0.05) is 24.6 Å². The Morgan fingerprint density at radius 2 is 1.85 bits per heavy atom. The average molecular weight is 362 g/mol. The van der Waals surface area contributed by atoms with E-state index in [1.54, 1.807) is 0 Å². The van der Waals surface area contributed by atoms with Gasteiger partial charge in [0.2, 0.25) is 0 Å². The standard InChI is InChI=1S/C22H22N2OS/c25-22(18-9-8-15-4-3-5-17(15)14-18)24-12-10-16(11-13-24)21-23-19-6-1-2-7-20(19)26-21/h1-2,6-9,14,16H,3-5,10-13H2. The first-order valence-corrected chi connectivity index (χ1v) is 10.4. The predicted molar refractivity (Wildman–Crippen MR) is 106 cm³/mol. The second kappa shape index (κ2) is 6.51. The van der Waals surface area contributed by atoms with E-state index in [2.05, 4.69) is 30.3 Å². The van der Waals surface area contributed by atoms with Crippen LogP contribution in [0.2, 0.25) is 0 Å². The fourth-order valence-corrected chi connectivity index (χ4v) is 5.42. The summed E-state index contributed by atoms with van der Waals surface area (Å²) in [5.74, 6) is 0.680. The fraction of sp³-hybridized carbons (Fsp3) is 0.364. The number of amides is 1. The maximum absolute atomic E-state index is 12.9. The first-order chi connectivity index (χ1) is 12.8. The van der Waals surface area contributed by atoms with Crippen molar-refractivity contribution in [3.8, 4) is 0 Å². The second-order valence-corrected chi connectivity index (χ2v) is 8.49. The minimum Gasteiger partial charge on any atom is -0.339 e. The van der Waals surface area contributed by atoms with Crippen LogP contribution in [0.15, 0.2) is 42.5 Å². The van der Waals surface area contributed by atoms with Gasteiger partial charge in [0.15, 0.2) is 0 Å². The molecule has 1 aliphatic carbocycles. The van der Waals surface area contributed by atoms with Crippen LogP contribution in [0.25, 0.3) is 10.2 Å². The van der Waals surface area contributed by atoms with Gasteiger partial charge in [-0.1, -0.05) is 18.2 Å². The molecule has 0 N–H and O–H groups in total. The number of thiazole rings is 1. The molecule has 0 saturated carbocycles. The van der Waals surface area contributed by atoms with Crippen molar-refractivity contribution in [2.45, 2.75) is 38.0 Å². The molecular formula is C22H22N2OS. The number of carbonyl (C=O) groups excluding carboxylic acids is 1. The van der Waals surface area contributed by atoms with E-state index >= 15 is 0 Å². The summed E-state index contributed by atoms with van der Waals surface area (Å²) >= 11 is 1.81. The third-order valence-electron chi connectivity index (χ3n) is 5.79. The molecular weight excluding hydrogens is 340 g/mol. The Balaban J connectivity index is 1.28. The minimum atomic E-state index is 0.197. The first-order valence-electron chi connectivity index (χ1n) is 9.54. The van der Waals surface area contributed by atoms with Crippen LogP contribution in [-0.4, -0.2) is 28.9 Å². The van der Waals surface area contributed by atoms with Crippen molar-refractivity contribution in [3.63, 3.8) is 0 Å². The molecule has 1 saturated heterocycles. The van der Waals surface area contributed by atoms with E-state index in [1.807, 2.05) is 28.4 Å². The highest BCUT2D eigenvalue weighted by atomic mass is 32.1. The van der Waals surface area contributed by atoms with E-state index in [4.69, 9.17) is 4.98 Å². The molecule has 0 unspecified atom stereocenters. The van der Waals surface area contributed by atoms with Crippen LogP contribution in [-0.2, 0) is 12.8 Å². The Kier molecular flexibility index (Phi) is 4.01. The summed E-state index contributed by atoms with van der Waals surface area (Å²) < 4.78 is 1.26. The van der Waals surface area contributed by atoms with E-state index in [1.165, 1.54) is 27.3 Å². The lowest BCUT2D eigenvalue weighted by atomic mass is 9.96. The summed E-state index contributed by atoms with van der Waals surface area (Å²) in [4.78, 5) is 19.7. The summed E-state index contributed by atoms with van der Waals surface area (Å²) in [5.41, 5.74) is 4.77. The predicted octanol–water partition coefficient (Wildman–Crippen LogP) is 4.80. The number of aromatic nitrogens is 1. The molecule has 1 fully saturated rings. The van der Waals surface area contributed by atoms with Crippen LogP contribution in [0.5, 0.6) is 0 Å². The molecule has 2 aliphatic rings. The molecule has 26 heavy (non-hydrogen) atoms. The molecule has 2 heterocycles. The van der Waals surface area contributed by atoms with Crippen LogP contribution < -0.4 is 0 Å². The third kappa shape index (κ3) is 2.82. The SMILES string of the molecule is O=C(c1ccc2c(c1)CCC2)N1CCC(c2nc3ccccc3s2)CC1. The lowest BCUT2D eigenvalue weighted by Gasteiger charge is -2.31. The maximum atomic E-state index is 12.9. The van der Waals surface area contributed by atoms with E-state index < -0.39 is 0 Å². The molecule has 1 amide bonds. The number of rotatable bonds is 2. The Morgan fingerprint density at radius 1 is 1.04 bits per heavy atom. The quantitative estimate of drug-likeness (QED) is 0.656. The van der Waals surface area contributed by atoms with Gasteiger partial charge in [0.05, 0.1) is 15.2 Å². The number of hydrogen-bond acceptors (Lipinski definition) is 3. The van der Waals surface area contributed by atoms with Gasteiger partial charge in [0.1, 0.15) is 0 Å². The van der Waals surface area contributed by atoms with Gasteiger partial charge in [-0.3, -0.25) is 4.79 Å². The molecule has 0 bridgehead atoms.